The van der Waals surface area contributed by atoms with E-state index in [1.54, 1.807) is 6.07 Å². The van der Waals surface area contributed by atoms with E-state index in [1.165, 1.54) is 4.90 Å². The molecule has 0 radical (unpaired) electrons. The summed E-state index contributed by atoms with van der Waals surface area (Å²) in [6.07, 6.45) is 0.449. The van der Waals surface area contributed by atoms with Gasteiger partial charge in [-0.05, 0) is 24.6 Å². The molecule has 0 aromatic heterocycles. The zero-order chi connectivity index (χ0) is 13.5. The smallest absolute Gasteiger partial charge is 0.261 e. The minimum Gasteiger partial charge on any atom is -0.366 e. The summed E-state index contributed by atoms with van der Waals surface area (Å²) >= 11 is 0. The lowest BCUT2D eigenvalue weighted by atomic mass is 9.99. The number of rotatable bonds is 2. The van der Waals surface area contributed by atoms with Crippen molar-refractivity contribution in [3.8, 4) is 0 Å². The largest absolute Gasteiger partial charge is 0.366 e. The maximum Gasteiger partial charge on any atom is 0.261 e. The Hall–Kier alpha value is -2.13. The van der Waals surface area contributed by atoms with E-state index in [1.807, 2.05) is 55.5 Å². The lowest BCUT2D eigenvalue weighted by Crippen LogP contribution is -2.43. The molecule has 1 amide bonds. The van der Waals surface area contributed by atoms with Crippen LogP contribution in [0.4, 0.5) is 5.69 Å². The first-order valence-electron chi connectivity index (χ1n) is 6.40. The van der Waals surface area contributed by atoms with Gasteiger partial charge in [0.25, 0.3) is 5.91 Å². The van der Waals surface area contributed by atoms with Gasteiger partial charge < -0.3 is 5.11 Å². The molecular weight excluding hydrogens is 238 g/mol. The van der Waals surface area contributed by atoms with Crippen LogP contribution in [0.15, 0.2) is 54.6 Å². The van der Waals surface area contributed by atoms with Crippen molar-refractivity contribution < 1.29 is 9.90 Å². The SMILES string of the molecule is CCC1(O)c2ccccc2C(=O)N1c1ccccc1. The zero-order valence-corrected chi connectivity index (χ0v) is 10.7. The van der Waals surface area contributed by atoms with Crippen molar-refractivity contribution in [2.24, 2.45) is 0 Å². The number of carbonyl (C=O) groups is 1. The summed E-state index contributed by atoms with van der Waals surface area (Å²) in [5.74, 6) is -0.147. The van der Waals surface area contributed by atoms with Crippen LogP contribution in [0.25, 0.3) is 0 Å². The highest BCUT2D eigenvalue weighted by Crippen LogP contribution is 2.42. The van der Waals surface area contributed by atoms with Crippen molar-refractivity contribution in [2.75, 3.05) is 4.90 Å². The summed E-state index contributed by atoms with van der Waals surface area (Å²) in [5, 5.41) is 10.9. The van der Waals surface area contributed by atoms with Crippen LogP contribution in [0.2, 0.25) is 0 Å². The number of benzene rings is 2. The fourth-order valence-electron chi connectivity index (χ4n) is 2.68. The molecule has 0 fully saturated rings. The van der Waals surface area contributed by atoms with Gasteiger partial charge in [-0.15, -0.1) is 0 Å². The van der Waals surface area contributed by atoms with E-state index < -0.39 is 5.72 Å². The Labute approximate surface area is 112 Å². The molecule has 19 heavy (non-hydrogen) atoms. The van der Waals surface area contributed by atoms with E-state index in [0.717, 1.165) is 0 Å². The molecular formula is C16H15NO2. The quantitative estimate of drug-likeness (QED) is 0.894. The fraction of sp³-hybridized carbons (Fsp3) is 0.188. The number of amides is 1. The van der Waals surface area contributed by atoms with Gasteiger partial charge in [-0.1, -0.05) is 43.3 Å². The van der Waals surface area contributed by atoms with Crippen molar-refractivity contribution in [1.29, 1.82) is 0 Å². The van der Waals surface area contributed by atoms with Gasteiger partial charge in [0.1, 0.15) is 0 Å². The molecule has 96 valence electrons. The summed E-state index contributed by atoms with van der Waals surface area (Å²) in [6, 6.07) is 16.5. The van der Waals surface area contributed by atoms with Crippen LogP contribution in [-0.2, 0) is 5.72 Å². The van der Waals surface area contributed by atoms with E-state index in [4.69, 9.17) is 0 Å². The number of hydrogen-bond acceptors (Lipinski definition) is 2. The molecule has 1 aliphatic heterocycles. The number of aliphatic hydroxyl groups is 1. The van der Waals surface area contributed by atoms with Gasteiger partial charge in [0.05, 0.1) is 0 Å². The first-order valence-corrected chi connectivity index (χ1v) is 6.40. The van der Waals surface area contributed by atoms with E-state index in [9.17, 15) is 9.90 Å². The molecule has 3 rings (SSSR count). The summed E-state index contributed by atoms with van der Waals surface area (Å²) in [6.45, 7) is 1.88. The Kier molecular flexibility index (Phi) is 2.64. The minimum absolute atomic E-state index is 0.147. The minimum atomic E-state index is -1.25. The summed E-state index contributed by atoms with van der Waals surface area (Å²) in [5.41, 5.74) is 0.727. The molecule has 3 nitrogen and oxygen atoms in total. The molecule has 0 spiro atoms. The third-order valence-electron chi connectivity index (χ3n) is 3.67. The average Bonchev–Trinajstić information content (AvgIpc) is 2.70. The Morgan fingerprint density at radius 2 is 1.68 bits per heavy atom. The monoisotopic (exact) mass is 253 g/mol. The molecule has 2 aromatic rings. The second kappa shape index (κ2) is 4.21. The number of para-hydroxylation sites is 1. The second-order valence-electron chi connectivity index (χ2n) is 4.69. The molecule has 0 saturated heterocycles. The molecule has 0 saturated carbocycles. The van der Waals surface area contributed by atoms with Crippen LogP contribution < -0.4 is 4.90 Å². The van der Waals surface area contributed by atoms with Gasteiger partial charge >= 0.3 is 0 Å². The van der Waals surface area contributed by atoms with Crippen LogP contribution in [0.1, 0.15) is 29.3 Å². The number of fused-ring (bicyclic) bond motifs is 1. The van der Waals surface area contributed by atoms with Gasteiger partial charge in [0, 0.05) is 16.8 Å². The second-order valence-corrected chi connectivity index (χ2v) is 4.69. The van der Waals surface area contributed by atoms with Crippen LogP contribution in [0, 0.1) is 0 Å². The Balaban J connectivity index is 2.20. The Morgan fingerprint density at radius 3 is 2.37 bits per heavy atom. The average molecular weight is 253 g/mol. The maximum atomic E-state index is 12.5. The summed E-state index contributed by atoms with van der Waals surface area (Å²) in [7, 11) is 0. The highest BCUT2D eigenvalue weighted by atomic mass is 16.3. The zero-order valence-electron chi connectivity index (χ0n) is 10.7. The van der Waals surface area contributed by atoms with Gasteiger partial charge in [-0.3, -0.25) is 9.69 Å². The summed E-state index contributed by atoms with van der Waals surface area (Å²) < 4.78 is 0. The molecule has 2 aromatic carbocycles. The van der Waals surface area contributed by atoms with E-state index >= 15 is 0 Å². The van der Waals surface area contributed by atoms with Gasteiger partial charge in [0.15, 0.2) is 5.72 Å². The van der Waals surface area contributed by atoms with Crippen molar-refractivity contribution in [1.82, 2.24) is 0 Å². The van der Waals surface area contributed by atoms with Crippen LogP contribution in [-0.4, -0.2) is 11.0 Å². The third-order valence-corrected chi connectivity index (χ3v) is 3.67. The number of carbonyl (C=O) groups excluding carboxylic acids is 1. The first-order chi connectivity index (χ1) is 9.18. The van der Waals surface area contributed by atoms with Crippen molar-refractivity contribution in [3.63, 3.8) is 0 Å². The molecule has 1 N–H and O–H groups in total. The third kappa shape index (κ3) is 1.59. The fourth-order valence-corrected chi connectivity index (χ4v) is 2.68. The van der Waals surface area contributed by atoms with E-state index in [-0.39, 0.29) is 5.91 Å². The lowest BCUT2D eigenvalue weighted by molar-refractivity contribution is 0.0358. The molecule has 1 unspecified atom stereocenters. The molecule has 1 atom stereocenters. The summed E-state index contributed by atoms with van der Waals surface area (Å²) in [4.78, 5) is 14.0. The highest BCUT2D eigenvalue weighted by Gasteiger charge is 2.47. The van der Waals surface area contributed by atoms with Crippen LogP contribution >= 0.6 is 0 Å². The van der Waals surface area contributed by atoms with Gasteiger partial charge in [-0.2, -0.15) is 0 Å². The van der Waals surface area contributed by atoms with E-state index in [0.29, 0.717) is 23.2 Å². The topological polar surface area (TPSA) is 40.5 Å². The molecule has 0 aliphatic carbocycles. The number of nitrogens with zero attached hydrogens (tertiary/aromatic N) is 1. The maximum absolute atomic E-state index is 12.5. The van der Waals surface area contributed by atoms with Gasteiger partial charge in [-0.25, -0.2) is 0 Å². The normalized spacial score (nSPS) is 21.6. The standard InChI is InChI=1S/C16H15NO2/c1-2-16(19)14-11-7-6-10-13(14)15(18)17(16)12-8-4-3-5-9-12/h3-11,19H,2H2,1H3. The number of anilines is 1. The molecule has 1 aliphatic rings. The predicted molar refractivity (Wildman–Crippen MR) is 73.9 cm³/mol. The van der Waals surface area contributed by atoms with Crippen molar-refractivity contribution >= 4 is 11.6 Å². The highest BCUT2D eigenvalue weighted by molar-refractivity contribution is 6.11. The van der Waals surface area contributed by atoms with Crippen LogP contribution in [0.5, 0.6) is 0 Å². The van der Waals surface area contributed by atoms with E-state index in [2.05, 4.69) is 0 Å². The Bertz CT molecular complexity index is 624. The van der Waals surface area contributed by atoms with Crippen molar-refractivity contribution in [3.05, 3.63) is 65.7 Å². The van der Waals surface area contributed by atoms with Crippen LogP contribution in [0.3, 0.4) is 0 Å². The molecule has 0 bridgehead atoms. The molecule has 3 heteroatoms. The molecule has 1 heterocycles. The lowest BCUT2D eigenvalue weighted by Gasteiger charge is -2.33. The predicted octanol–water partition coefficient (Wildman–Crippen LogP) is 2.90. The Morgan fingerprint density at radius 1 is 1.05 bits per heavy atom. The first kappa shape index (κ1) is 11.9. The van der Waals surface area contributed by atoms with Gasteiger partial charge in [0.2, 0.25) is 0 Å². The van der Waals surface area contributed by atoms with Crippen molar-refractivity contribution in [2.45, 2.75) is 19.1 Å². The number of hydrogen-bond donors (Lipinski definition) is 1.